The molecule has 0 atom stereocenters. The number of rotatable bonds is 4. The number of aromatic nitrogens is 1. The second-order valence-electron chi connectivity index (χ2n) is 6.49. The van der Waals surface area contributed by atoms with Gasteiger partial charge in [0.15, 0.2) is 5.76 Å². The number of anilines is 2. The number of furan rings is 1. The van der Waals surface area contributed by atoms with Crippen molar-refractivity contribution in [3.8, 4) is 17.7 Å². The van der Waals surface area contributed by atoms with Gasteiger partial charge in [0.1, 0.15) is 6.07 Å². The Bertz CT molecular complexity index is 1010. The van der Waals surface area contributed by atoms with Gasteiger partial charge in [-0.1, -0.05) is 23.7 Å². The molecule has 8 heteroatoms. The highest BCUT2D eigenvalue weighted by atomic mass is 35.5. The van der Waals surface area contributed by atoms with E-state index in [2.05, 4.69) is 16.4 Å². The molecule has 7 nitrogen and oxygen atoms in total. The maximum Gasteiger partial charge on any atom is 0.266 e. The molecular formula is C20H17ClN4O3. The maximum absolute atomic E-state index is 12.6. The number of amides is 1. The second-order valence-corrected chi connectivity index (χ2v) is 6.90. The molecule has 0 unspecified atom stereocenters. The molecule has 3 heterocycles. The van der Waals surface area contributed by atoms with Crippen LogP contribution in [0.15, 0.2) is 51.5 Å². The summed E-state index contributed by atoms with van der Waals surface area (Å²) in [5, 5.41) is 12.8. The number of nitrogens with one attached hydrogen (secondary N) is 1. The summed E-state index contributed by atoms with van der Waals surface area (Å²) < 4.78 is 11.1. The minimum atomic E-state index is -0.134. The standard InChI is InChI=1S/C20H17ClN4O3/c21-14-4-1-2-5-15(14)23-18(26)13-7-9-25(10-8-13)20-16(12-22)24-19(28-20)17-6-3-11-27-17/h1-6,11,13H,7-10H2,(H,23,26). The van der Waals surface area contributed by atoms with Crippen molar-refractivity contribution in [3.05, 3.63) is 53.4 Å². The number of hydrogen-bond donors (Lipinski definition) is 1. The van der Waals surface area contributed by atoms with E-state index in [1.54, 1.807) is 24.3 Å². The van der Waals surface area contributed by atoms with Crippen LogP contribution in [0.3, 0.4) is 0 Å². The van der Waals surface area contributed by atoms with E-state index in [1.165, 1.54) is 6.26 Å². The zero-order chi connectivity index (χ0) is 19.5. The van der Waals surface area contributed by atoms with E-state index < -0.39 is 0 Å². The summed E-state index contributed by atoms with van der Waals surface area (Å²) in [5.41, 5.74) is 0.826. The molecule has 0 spiro atoms. The van der Waals surface area contributed by atoms with E-state index in [4.69, 9.17) is 20.4 Å². The summed E-state index contributed by atoms with van der Waals surface area (Å²) in [5.74, 6) is 0.971. The second kappa shape index (κ2) is 7.79. The maximum atomic E-state index is 12.6. The summed E-state index contributed by atoms with van der Waals surface area (Å²) in [7, 11) is 0. The Labute approximate surface area is 166 Å². The van der Waals surface area contributed by atoms with Gasteiger partial charge < -0.3 is 19.1 Å². The molecule has 1 aliphatic heterocycles. The van der Waals surface area contributed by atoms with E-state index in [1.807, 2.05) is 17.0 Å². The lowest BCUT2D eigenvalue weighted by Gasteiger charge is -2.31. The molecule has 0 saturated carbocycles. The molecule has 0 radical (unpaired) electrons. The molecule has 142 valence electrons. The molecule has 1 fully saturated rings. The molecule has 1 aliphatic rings. The minimum absolute atomic E-state index is 0.0536. The lowest BCUT2D eigenvalue weighted by Crippen LogP contribution is -2.38. The van der Waals surface area contributed by atoms with Crippen LogP contribution >= 0.6 is 11.6 Å². The highest BCUT2D eigenvalue weighted by Crippen LogP contribution is 2.32. The van der Waals surface area contributed by atoms with Crippen molar-refractivity contribution in [2.45, 2.75) is 12.8 Å². The number of halogens is 1. The number of carbonyl (C=O) groups is 1. The first-order valence-corrected chi connectivity index (χ1v) is 9.28. The number of benzene rings is 1. The van der Waals surface area contributed by atoms with Crippen LogP contribution < -0.4 is 10.2 Å². The summed E-state index contributed by atoms with van der Waals surface area (Å²) in [4.78, 5) is 18.7. The Morgan fingerprint density at radius 2 is 2.04 bits per heavy atom. The Morgan fingerprint density at radius 1 is 1.25 bits per heavy atom. The average molecular weight is 397 g/mol. The molecule has 1 amide bonds. The summed E-state index contributed by atoms with van der Waals surface area (Å²) in [6, 6.07) is 12.7. The fourth-order valence-electron chi connectivity index (χ4n) is 3.25. The van der Waals surface area contributed by atoms with Crippen LogP contribution in [0.4, 0.5) is 11.6 Å². The fraction of sp³-hybridized carbons (Fsp3) is 0.250. The third-order valence-corrected chi connectivity index (χ3v) is 5.06. The molecule has 1 saturated heterocycles. The van der Waals surface area contributed by atoms with Crippen LogP contribution in [0.25, 0.3) is 11.7 Å². The summed E-state index contributed by atoms with van der Waals surface area (Å²) in [6.45, 7) is 1.17. The molecule has 28 heavy (non-hydrogen) atoms. The van der Waals surface area contributed by atoms with Gasteiger partial charge in [0.2, 0.25) is 17.5 Å². The Kier molecular flexibility index (Phi) is 5.04. The van der Waals surface area contributed by atoms with Gasteiger partial charge in [0.25, 0.3) is 5.89 Å². The van der Waals surface area contributed by atoms with Crippen molar-refractivity contribution in [1.82, 2.24) is 4.98 Å². The zero-order valence-corrected chi connectivity index (χ0v) is 15.6. The number of para-hydroxylation sites is 1. The first kappa shape index (κ1) is 18.1. The highest BCUT2D eigenvalue weighted by Gasteiger charge is 2.29. The van der Waals surface area contributed by atoms with Crippen LogP contribution in [0.1, 0.15) is 18.5 Å². The number of nitriles is 1. The van der Waals surface area contributed by atoms with E-state index >= 15 is 0 Å². The third kappa shape index (κ3) is 3.59. The van der Waals surface area contributed by atoms with Crippen molar-refractivity contribution in [3.63, 3.8) is 0 Å². The fourth-order valence-corrected chi connectivity index (χ4v) is 3.43. The number of carbonyl (C=O) groups excluding carboxylic acids is 1. The number of hydrogen-bond acceptors (Lipinski definition) is 6. The molecule has 0 aliphatic carbocycles. The highest BCUT2D eigenvalue weighted by molar-refractivity contribution is 6.33. The monoisotopic (exact) mass is 396 g/mol. The number of piperidine rings is 1. The summed E-state index contributed by atoms with van der Waals surface area (Å²) >= 11 is 6.11. The zero-order valence-electron chi connectivity index (χ0n) is 14.9. The van der Waals surface area contributed by atoms with E-state index in [-0.39, 0.29) is 23.4 Å². The van der Waals surface area contributed by atoms with Crippen LogP contribution in [0, 0.1) is 17.2 Å². The first-order valence-electron chi connectivity index (χ1n) is 8.91. The first-order chi connectivity index (χ1) is 13.7. The van der Waals surface area contributed by atoms with Crippen molar-refractivity contribution in [2.75, 3.05) is 23.3 Å². The van der Waals surface area contributed by atoms with Crippen LogP contribution in [0.2, 0.25) is 5.02 Å². The molecule has 1 aromatic carbocycles. The van der Waals surface area contributed by atoms with Gasteiger partial charge in [-0.05, 0) is 37.1 Å². The van der Waals surface area contributed by atoms with E-state index in [0.29, 0.717) is 48.3 Å². The van der Waals surface area contributed by atoms with Crippen LogP contribution in [-0.4, -0.2) is 24.0 Å². The van der Waals surface area contributed by atoms with Gasteiger partial charge >= 0.3 is 0 Å². The lowest BCUT2D eigenvalue weighted by molar-refractivity contribution is -0.120. The van der Waals surface area contributed by atoms with Gasteiger partial charge in [-0.15, -0.1) is 0 Å². The van der Waals surface area contributed by atoms with E-state index in [9.17, 15) is 10.1 Å². The quantitative estimate of drug-likeness (QED) is 0.705. The molecule has 3 aromatic rings. The molecular weight excluding hydrogens is 380 g/mol. The predicted molar refractivity (Wildman–Crippen MR) is 104 cm³/mol. The van der Waals surface area contributed by atoms with Crippen molar-refractivity contribution in [2.24, 2.45) is 5.92 Å². The van der Waals surface area contributed by atoms with E-state index in [0.717, 1.165) is 0 Å². The number of nitrogens with zero attached hydrogens (tertiary/aromatic N) is 3. The smallest absolute Gasteiger partial charge is 0.266 e. The Balaban J connectivity index is 1.42. The van der Waals surface area contributed by atoms with Gasteiger partial charge in [-0.3, -0.25) is 4.79 Å². The lowest BCUT2D eigenvalue weighted by atomic mass is 9.96. The van der Waals surface area contributed by atoms with Gasteiger partial charge in [-0.2, -0.15) is 10.2 Å². The van der Waals surface area contributed by atoms with Crippen LogP contribution in [0.5, 0.6) is 0 Å². The number of oxazole rings is 1. The third-order valence-electron chi connectivity index (χ3n) is 4.73. The van der Waals surface area contributed by atoms with Gasteiger partial charge in [0.05, 0.1) is 17.0 Å². The van der Waals surface area contributed by atoms with Gasteiger partial charge in [-0.25, -0.2) is 0 Å². The molecule has 4 rings (SSSR count). The van der Waals surface area contributed by atoms with Crippen LogP contribution in [-0.2, 0) is 4.79 Å². The molecule has 0 bridgehead atoms. The largest absolute Gasteiger partial charge is 0.459 e. The average Bonchev–Trinajstić information content (AvgIpc) is 3.39. The Hall–Kier alpha value is -3.24. The van der Waals surface area contributed by atoms with Gasteiger partial charge in [0, 0.05) is 19.0 Å². The molecule has 1 N–H and O–H groups in total. The summed E-state index contributed by atoms with van der Waals surface area (Å²) in [6.07, 6.45) is 2.80. The molecule has 2 aromatic heterocycles. The minimum Gasteiger partial charge on any atom is -0.459 e. The predicted octanol–water partition coefficient (Wildman–Crippen LogP) is 4.31. The SMILES string of the molecule is N#Cc1nc(-c2ccco2)oc1N1CCC(C(=O)Nc2ccccc2Cl)CC1. The Morgan fingerprint density at radius 3 is 2.71 bits per heavy atom. The van der Waals surface area contributed by atoms with Crippen molar-refractivity contribution < 1.29 is 13.6 Å². The van der Waals surface area contributed by atoms with Crippen molar-refractivity contribution >= 4 is 29.1 Å². The normalized spacial score (nSPS) is 14.6. The van der Waals surface area contributed by atoms with Crippen molar-refractivity contribution in [1.29, 1.82) is 5.26 Å². The topological polar surface area (TPSA) is 95.3 Å².